The van der Waals surface area contributed by atoms with Crippen LogP contribution in [0.3, 0.4) is 0 Å². The molecular formula is C7H15NO2. The smallest absolute Gasteiger partial charge is 0.0500 e. The molecule has 3 nitrogen and oxygen atoms in total. The minimum absolute atomic E-state index is 0.102. The predicted octanol–water partition coefficient (Wildman–Crippen LogP) is -0.803. The number of aliphatic hydroxyl groups excluding tert-OH is 2. The lowest BCUT2D eigenvalue weighted by Crippen LogP contribution is -2.32. The molecule has 0 amide bonds. The van der Waals surface area contributed by atoms with E-state index in [1.165, 1.54) is 0 Å². The monoisotopic (exact) mass is 145 g/mol. The highest BCUT2D eigenvalue weighted by atomic mass is 16.3. The fourth-order valence-corrected chi connectivity index (χ4v) is 1.39. The van der Waals surface area contributed by atoms with Crippen LogP contribution in [0.15, 0.2) is 0 Å². The van der Waals surface area contributed by atoms with Crippen molar-refractivity contribution in [2.75, 3.05) is 26.3 Å². The molecule has 1 fully saturated rings. The maximum absolute atomic E-state index is 8.98. The van der Waals surface area contributed by atoms with E-state index in [0.29, 0.717) is 0 Å². The SMILES string of the molecule is C[C@]1(CO)CNC[C@H]1CO. The molecular weight excluding hydrogens is 130 g/mol. The second-order valence-corrected chi connectivity index (χ2v) is 3.32. The highest BCUT2D eigenvalue weighted by Crippen LogP contribution is 2.29. The third kappa shape index (κ3) is 1.17. The van der Waals surface area contributed by atoms with Crippen LogP contribution in [-0.2, 0) is 0 Å². The first-order valence-corrected chi connectivity index (χ1v) is 3.65. The minimum Gasteiger partial charge on any atom is -0.396 e. The highest BCUT2D eigenvalue weighted by molar-refractivity contribution is 4.90. The average molecular weight is 145 g/mol. The summed E-state index contributed by atoms with van der Waals surface area (Å²) in [4.78, 5) is 0. The lowest BCUT2D eigenvalue weighted by molar-refractivity contribution is 0.0796. The standard InChI is InChI=1S/C7H15NO2/c1-7(5-10)4-8-2-6(7)3-9/h6,8-10H,2-5H2,1H3/t6-,7+/m0/s1. The van der Waals surface area contributed by atoms with Gasteiger partial charge in [0.1, 0.15) is 0 Å². The summed E-state index contributed by atoms with van der Waals surface area (Å²) in [7, 11) is 0. The molecule has 0 aliphatic carbocycles. The largest absolute Gasteiger partial charge is 0.396 e. The minimum atomic E-state index is -0.102. The first-order chi connectivity index (χ1) is 4.73. The van der Waals surface area contributed by atoms with Crippen molar-refractivity contribution in [3.63, 3.8) is 0 Å². The Kier molecular flexibility index (Phi) is 2.28. The van der Waals surface area contributed by atoms with E-state index in [-0.39, 0.29) is 24.5 Å². The molecule has 0 aromatic carbocycles. The van der Waals surface area contributed by atoms with Gasteiger partial charge in [0.2, 0.25) is 0 Å². The van der Waals surface area contributed by atoms with E-state index >= 15 is 0 Å². The Bertz CT molecular complexity index is 118. The van der Waals surface area contributed by atoms with Gasteiger partial charge in [-0.1, -0.05) is 6.92 Å². The zero-order valence-electron chi connectivity index (χ0n) is 6.30. The van der Waals surface area contributed by atoms with Crippen LogP contribution >= 0.6 is 0 Å². The fraction of sp³-hybridized carbons (Fsp3) is 1.00. The van der Waals surface area contributed by atoms with Gasteiger partial charge in [-0.25, -0.2) is 0 Å². The number of hydrogen-bond donors (Lipinski definition) is 3. The number of aliphatic hydroxyl groups is 2. The Morgan fingerprint density at radius 1 is 1.60 bits per heavy atom. The van der Waals surface area contributed by atoms with Crippen LogP contribution in [0.2, 0.25) is 0 Å². The lowest BCUT2D eigenvalue weighted by atomic mass is 9.81. The summed E-state index contributed by atoms with van der Waals surface area (Å²) in [6.07, 6.45) is 0. The van der Waals surface area contributed by atoms with E-state index in [0.717, 1.165) is 13.1 Å². The molecule has 60 valence electrons. The molecule has 1 rings (SSSR count). The average Bonchev–Trinajstić information content (AvgIpc) is 2.32. The third-order valence-corrected chi connectivity index (χ3v) is 2.49. The Balaban J connectivity index is 2.56. The summed E-state index contributed by atoms with van der Waals surface area (Å²) in [6.45, 7) is 3.96. The molecule has 3 heteroatoms. The first kappa shape index (κ1) is 7.98. The van der Waals surface area contributed by atoms with Crippen LogP contribution in [0.5, 0.6) is 0 Å². The molecule has 1 heterocycles. The summed E-state index contributed by atoms with van der Waals surface area (Å²) in [5, 5.41) is 21.0. The van der Waals surface area contributed by atoms with Gasteiger partial charge in [0.15, 0.2) is 0 Å². The molecule has 1 aliphatic rings. The molecule has 3 N–H and O–H groups in total. The molecule has 0 bridgehead atoms. The molecule has 0 radical (unpaired) electrons. The summed E-state index contributed by atoms with van der Waals surface area (Å²) >= 11 is 0. The third-order valence-electron chi connectivity index (χ3n) is 2.49. The predicted molar refractivity (Wildman–Crippen MR) is 38.6 cm³/mol. The van der Waals surface area contributed by atoms with E-state index in [1.54, 1.807) is 0 Å². The first-order valence-electron chi connectivity index (χ1n) is 3.65. The van der Waals surface area contributed by atoms with Crippen molar-refractivity contribution in [2.24, 2.45) is 11.3 Å². The van der Waals surface area contributed by atoms with E-state index in [1.807, 2.05) is 6.92 Å². The Morgan fingerprint density at radius 3 is 2.70 bits per heavy atom. The fourth-order valence-electron chi connectivity index (χ4n) is 1.39. The molecule has 1 saturated heterocycles. The van der Waals surface area contributed by atoms with E-state index in [4.69, 9.17) is 10.2 Å². The van der Waals surface area contributed by atoms with Gasteiger partial charge in [-0.15, -0.1) is 0 Å². The van der Waals surface area contributed by atoms with Crippen molar-refractivity contribution in [3.05, 3.63) is 0 Å². The Morgan fingerprint density at radius 2 is 2.30 bits per heavy atom. The van der Waals surface area contributed by atoms with Crippen molar-refractivity contribution in [1.29, 1.82) is 0 Å². The van der Waals surface area contributed by atoms with Gasteiger partial charge >= 0.3 is 0 Å². The van der Waals surface area contributed by atoms with E-state index in [2.05, 4.69) is 5.32 Å². The zero-order chi connectivity index (χ0) is 7.61. The van der Waals surface area contributed by atoms with Gasteiger partial charge in [0.25, 0.3) is 0 Å². The molecule has 0 aromatic rings. The van der Waals surface area contributed by atoms with Crippen LogP contribution < -0.4 is 5.32 Å². The highest BCUT2D eigenvalue weighted by Gasteiger charge is 2.37. The van der Waals surface area contributed by atoms with Gasteiger partial charge in [0.05, 0.1) is 6.61 Å². The summed E-state index contributed by atoms with van der Waals surface area (Å²) < 4.78 is 0. The van der Waals surface area contributed by atoms with Crippen molar-refractivity contribution in [1.82, 2.24) is 5.32 Å². The van der Waals surface area contributed by atoms with Crippen LogP contribution in [0.4, 0.5) is 0 Å². The Labute approximate surface area is 61.1 Å². The number of hydrogen-bond acceptors (Lipinski definition) is 3. The van der Waals surface area contributed by atoms with Gasteiger partial charge in [-0.3, -0.25) is 0 Å². The van der Waals surface area contributed by atoms with Crippen molar-refractivity contribution in [2.45, 2.75) is 6.92 Å². The van der Waals surface area contributed by atoms with Crippen LogP contribution in [0, 0.1) is 11.3 Å². The molecule has 0 unspecified atom stereocenters. The number of rotatable bonds is 2. The zero-order valence-corrected chi connectivity index (χ0v) is 6.30. The molecule has 2 atom stereocenters. The van der Waals surface area contributed by atoms with Crippen molar-refractivity contribution in [3.8, 4) is 0 Å². The maximum atomic E-state index is 8.98. The quantitative estimate of drug-likeness (QED) is 0.476. The summed E-state index contributed by atoms with van der Waals surface area (Å²) in [5.41, 5.74) is -0.102. The summed E-state index contributed by atoms with van der Waals surface area (Å²) in [5.74, 6) is 0.220. The number of nitrogens with one attached hydrogen (secondary N) is 1. The van der Waals surface area contributed by atoms with Crippen molar-refractivity contribution >= 4 is 0 Å². The molecule has 10 heavy (non-hydrogen) atoms. The van der Waals surface area contributed by atoms with Gasteiger partial charge in [-0.05, 0) is 0 Å². The van der Waals surface area contributed by atoms with Crippen LogP contribution in [0.25, 0.3) is 0 Å². The van der Waals surface area contributed by atoms with Gasteiger partial charge in [-0.2, -0.15) is 0 Å². The van der Waals surface area contributed by atoms with Crippen molar-refractivity contribution < 1.29 is 10.2 Å². The van der Waals surface area contributed by atoms with E-state index < -0.39 is 0 Å². The second kappa shape index (κ2) is 2.86. The lowest BCUT2D eigenvalue weighted by Gasteiger charge is -2.26. The molecule has 0 saturated carbocycles. The Hall–Kier alpha value is -0.120. The second-order valence-electron chi connectivity index (χ2n) is 3.32. The normalized spacial score (nSPS) is 40.5. The van der Waals surface area contributed by atoms with E-state index in [9.17, 15) is 0 Å². The van der Waals surface area contributed by atoms with Gasteiger partial charge < -0.3 is 15.5 Å². The van der Waals surface area contributed by atoms with Gasteiger partial charge in [0, 0.05) is 31.0 Å². The topological polar surface area (TPSA) is 52.5 Å². The van der Waals surface area contributed by atoms with Crippen LogP contribution in [0.1, 0.15) is 6.92 Å². The molecule has 0 aromatic heterocycles. The summed E-state index contributed by atoms with van der Waals surface area (Å²) in [6, 6.07) is 0. The maximum Gasteiger partial charge on any atom is 0.0500 e. The van der Waals surface area contributed by atoms with Crippen LogP contribution in [-0.4, -0.2) is 36.5 Å². The molecule has 0 spiro atoms. The molecule has 1 aliphatic heterocycles.